The van der Waals surface area contributed by atoms with Gasteiger partial charge in [0.2, 0.25) is 5.91 Å². The van der Waals surface area contributed by atoms with Crippen molar-refractivity contribution >= 4 is 5.91 Å². The van der Waals surface area contributed by atoms with Crippen LogP contribution in [0.5, 0.6) is 0 Å². The van der Waals surface area contributed by atoms with Crippen LogP contribution in [0.25, 0.3) is 11.3 Å². The zero-order chi connectivity index (χ0) is 17.1. The largest absolute Gasteiger partial charge is 0.338 e. The van der Waals surface area contributed by atoms with Crippen LogP contribution in [0.3, 0.4) is 0 Å². The monoisotopic (exact) mass is 321 g/mol. The van der Waals surface area contributed by atoms with Crippen LogP contribution in [-0.4, -0.2) is 33.7 Å². The molecule has 2 aliphatic rings. The Labute approximate surface area is 142 Å². The van der Waals surface area contributed by atoms with Crippen molar-refractivity contribution in [3.05, 3.63) is 53.2 Å². The number of benzene rings is 1. The molecule has 0 bridgehead atoms. The summed E-state index contributed by atoms with van der Waals surface area (Å²) < 4.78 is 2.01. The molecular weight excluding hydrogens is 298 g/mol. The molecule has 0 fully saturated rings. The smallest absolute Gasteiger partial charge is 0.249 e. The molecule has 1 aliphatic heterocycles. The van der Waals surface area contributed by atoms with Crippen molar-refractivity contribution in [3.63, 3.8) is 0 Å². The second-order valence-corrected chi connectivity index (χ2v) is 7.25. The molecule has 2 aromatic rings. The van der Waals surface area contributed by atoms with Crippen LogP contribution < -0.4 is 0 Å². The van der Waals surface area contributed by atoms with Gasteiger partial charge in [0.1, 0.15) is 0 Å². The van der Waals surface area contributed by atoms with Crippen molar-refractivity contribution in [2.75, 3.05) is 7.05 Å². The third-order valence-corrected chi connectivity index (χ3v) is 5.70. The van der Waals surface area contributed by atoms with E-state index in [9.17, 15) is 4.79 Å². The van der Waals surface area contributed by atoms with Crippen LogP contribution in [-0.2, 0) is 23.7 Å². The van der Waals surface area contributed by atoms with Crippen molar-refractivity contribution in [3.8, 4) is 11.3 Å². The number of fused-ring (bicyclic) bond motifs is 3. The molecule has 2 unspecified atom stereocenters. The summed E-state index contributed by atoms with van der Waals surface area (Å²) in [5.41, 5.74) is 5.46. The molecule has 0 N–H and O–H groups in total. The summed E-state index contributed by atoms with van der Waals surface area (Å²) in [6.45, 7) is 4.14. The fourth-order valence-electron chi connectivity index (χ4n) is 4.62. The van der Waals surface area contributed by atoms with Crippen molar-refractivity contribution in [2.24, 2.45) is 7.05 Å². The maximum absolute atomic E-state index is 12.4. The summed E-state index contributed by atoms with van der Waals surface area (Å²) in [4.78, 5) is 14.3. The lowest BCUT2D eigenvalue weighted by atomic mass is 9.67. The van der Waals surface area contributed by atoms with Crippen molar-refractivity contribution < 1.29 is 4.79 Å². The Morgan fingerprint density at radius 3 is 2.62 bits per heavy atom. The highest BCUT2D eigenvalue weighted by Gasteiger charge is 2.48. The zero-order valence-corrected chi connectivity index (χ0v) is 14.7. The van der Waals surface area contributed by atoms with E-state index < -0.39 is 0 Å². The highest BCUT2D eigenvalue weighted by atomic mass is 16.2. The summed E-state index contributed by atoms with van der Waals surface area (Å²) in [6.07, 6.45) is 4.07. The van der Waals surface area contributed by atoms with Gasteiger partial charge in [0, 0.05) is 36.8 Å². The highest BCUT2D eigenvalue weighted by molar-refractivity contribution is 5.94. The Bertz CT molecular complexity index is 849. The first-order valence-electron chi connectivity index (χ1n) is 8.52. The molecule has 1 amide bonds. The van der Waals surface area contributed by atoms with Gasteiger partial charge in [-0.25, -0.2) is 0 Å². The lowest BCUT2D eigenvalue weighted by Gasteiger charge is -2.46. The van der Waals surface area contributed by atoms with E-state index in [2.05, 4.69) is 37.3 Å². The van der Waals surface area contributed by atoms with E-state index >= 15 is 0 Å². The molecule has 4 nitrogen and oxygen atoms in total. The van der Waals surface area contributed by atoms with Gasteiger partial charge >= 0.3 is 0 Å². The Hall–Kier alpha value is -2.36. The van der Waals surface area contributed by atoms with Crippen LogP contribution >= 0.6 is 0 Å². The van der Waals surface area contributed by atoms with E-state index in [1.807, 2.05) is 36.7 Å². The maximum atomic E-state index is 12.4. The number of aromatic nitrogens is 2. The van der Waals surface area contributed by atoms with E-state index in [1.165, 1.54) is 16.8 Å². The van der Waals surface area contributed by atoms with Gasteiger partial charge < -0.3 is 4.90 Å². The Morgan fingerprint density at radius 1 is 1.21 bits per heavy atom. The lowest BCUT2D eigenvalue weighted by molar-refractivity contribution is -0.130. The Balaban J connectivity index is 1.93. The molecule has 24 heavy (non-hydrogen) atoms. The molecule has 1 aliphatic carbocycles. The molecule has 0 saturated heterocycles. The van der Waals surface area contributed by atoms with Gasteiger partial charge in [0.05, 0.1) is 16.8 Å². The molecule has 2 heterocycles. The van der Waals surface area contributed by atoms with E-state index in [0.717, 1.165) is 24.1 Å². The number of hydrogen-bond acceptors (Lipinski definition) is 2. The minimum atomic E-state index is -0.217. The normalized spacial score (nSPS) is 26.0. The third kappa shape index (κ3) is 1.92. The highest BCUT2D eigenvalue weighted by Crippen LogP contribution is 2.46. The first-order chi connectivity index (χ1) is 11.4. The molecular formula is C20H23N3O. The number of likely N-dealkylation sites (N-methyl/N-ethyl adjacent to an activating group) is 1. The van der Waals surface area contributed by atoms with Crippen molar-refractivity contribution in [1.29, 1.82) is 0 Å². The average Bonchev–Trinajstić information content (AvgIpc) is 2.91. The second kappa shape index (κ2) is 5.07. The summed E-state index contributed by atoms with van der Waals surface area (Å²) in [7, 11) is 3.95. The predicted octanol–water partition coefficient (Wildman–Crippen LogP) is 3.08. The van der Waals surface area contributed by atoms with Crippen LogP contribution in [0.2, 0.25) is 0 Å². The summed E-state index contributed by atoms with van der Waals surface area (Å²) >= 11 is 0. The maximum Gasteiger partial charge on any atom is 0.249 e. The number of hydrogen-bond donors (Lipinski definition) is 0. The van der Waals surface area contributed by atoms with Crippen LogP contribution in [0, 0.1) is 0 Å². The fraction of sp³-hybridized carbons (Fsp3) is 0.400. The number of aryl methyl sites for hydroxylation is 1. The number of nitrogens with zero attached hydrogens (tertiary/aromatic N) is 3. The number of carbonyl (C=O) groups excluding carboxylic acids is 1. The minimum absolute atomic E-state index is 0.139. The second-order valence-electron chi connectivity index (χ2n) is 7.25. The first kappa shape index (κ1) is 15.2. The third-order valence-electron chi connectivity index (χ3n) is 5.70. The standard InChI is InChI=1S/C20H23N3O/c1-13-12-20(2)16(22(3)19(13)24)11-10-15-17(23(4)21-18(15)20)14-8-6-5-7-9-14/h5-9,12,16H,10-11H2,1-4H3. The van der Waals surface area contributed by atoms with Gasteiger partial charge in [0.25, 0.3) is 0 Å². The SMILES string of the molecule is CC1=CC2(C)c3nn(C)c(-c4ccccc4)c3CCC2N(C)C1=O. The summed E-state index contributed by atoms with van der Waals surface area (Å²) in [6, 6.07) is 10.6. The van der Waals surface area contributed by atoms with Crippen molar-refractivity contribution in [2.45, 2.75) is 38.1 Å². The summed E-state index contributed by atoms with van der Waals surface area (Å²) in [5, 5.41) is 4.91. The fourth-order valence-corrected chi connectivity index (χ4v) is 4.62. The van der Waals surface area contributed by atoms with E-state index in [1.54, 1.807) is 0 Å². The molecule has 4 heteroatoms. The first-order valence-corrected chi connectivity index (χ1v) is 8.52. The van der Waals surface area contributed by atoms with Crippen LogP contribution in [0.15, 0.2) is 42.0 Å². The topological polar surface area (TPSA) is 38.1 Å². The Morgan fingerprint density at radius 2 is 1.92 bits per heavy atom. The lowest BCUT2D eigenvalue weighted by Crippen LogP contribution is -2.55. The molecule has 0 saturated carbocycles. The molecule has 0 spiro atoms. The van der Waals surface area contributed by atoms with Crippen molar-refractivity contribution in [1.82, 2.24) is 14.7 Å². The minimum Gasteiger partial charge on any atom is -0.338 e. The number of carbonyl (C=O) groups is 1. The van der Waals surface area contributed by atoms with Gasteiger partial charge in [-0.3, -0.25) is 9.48 Å². The molecule has 1 aromatic heterocycles. The van der Waals surface area contributed by atoms with Gasteiger partial charge in [-0.1, -0.05) is 36.4 Å². The molecule has 2 atom stereocenters. The van der Waals surface area contributed by atoms with Crippen LogP contribution in [0.4, 0.5) is 0 Å². The van der Waals surface area contributed by atoms with Gasteiger partial charge in [-0.15, -0.1) is 0 Å². The van der Waals surface area contributed by atoms with Gasteiger partial charge in [-0.05, 0) is 26.7 Å². The van der Waals surface area contributed by atoms with Gasteiger partial charge in [0.15, 0.2) is 0 Å². The van der Waals surface area contributed by atoms with E-state index in [0.29, 0.717) is 0 Å². The quantitative estimate of drug-likeness (QED) is 0.809. The molecule has 124 valence electrons. The number of rotatable bonds is 1. The van der Waals surface area contributed by atoms with Gasteiger partial charge in [-0.2, -0.15) is 5.10 Å². The average molecular weight is 321 g/mol. The van der Waals surface area contributed by atoms with Crippen LogP contribution in [0.1, 0.15) is 31.5 Å². The Kier molecular flexibility index (Phi) is 3.21. The predicted molar refractivity (Wildman–Crippen MR) is 94.6 cm³/mol. The molecule has 1 aromatic carbocycles. The zero-order valence-electron chi connectivity index (χ0n) is 14.7. The summed E-state index contributed by atoms with van der Waals surface area (Å²) in [5.74, 6) is 0.139. The molecule has 4 rings (SSSR count). The molecule has 0 radical (unpaired) electrons. The number of amides is 1. The van der Waals surface area contributed by atoms with E-state index in [-0.39, 0.29) is 17.4 Å². The van der Waals surface area contributed by atoms with E-state index in [4.69, 9.17) is 5.10 Å².